The molecule has 1 saturated heterocycles. The summed E-state index contributed by atoms with van der Waals surface area (Å²) in [4.78, 5) is 24.6. The van der Waals surface area contributed by atoms with Crippen LogP contribution in [0.1, 0.15) is 36.9 Å². The predicted octanol–water partition coefficient (Wildman–Crippen LogP) is 4.99. The monoisotopic (exact) mass is 457 g/mol. The summed E-state index contributed by atoms with van der Waals surface area (Å²) in [5.74, 6) is -2.13. The Morgan fingerprint density at radius 1 is 1.16 bits per heavy atom. The van der Waals surface area contributed by atoms with Crippen molar-refractivity contribution in [3.8, 4) is 0 Å². The largest absolute Gasteiger partial charge is 0.416 e. The van der Waals surface area contributed by atoms with Crippen molar-refractivity contribution in [2.45, 2.75) is 32.0 Å². The van der Waals surface area contributed by atoms with E-state index in [-0.39, 0.29) is 30.2 Å². The molecule has 0 spiro atoms. The number of hydrogen-bond acceptors (Lipinski definition) is 4. The molecule has 3 rings (SSSR count). The molecular formula is C21H20F5N3O3. The number of carbonyl (C=O) groups is 1. The highest BCUT2D eigenvalue weighted by Crippen LogP contribution is 2.37. The zero-order valence-corrected chi connectivity index (χ0v) is 17.0. The number of benzene rings is 2. The van der Waals surface area contributed by atoms with Crippen LogP contribution in [-0.2, 0) is 11.0 Å². The zero-order chi connectivity index (χ0) is 23.6. The van der Waals surface area contributed by atoms with E-state index in [0.717, 1.165) is 30.3 Å². The van der Waals surface area contributed by atoms with Crippen LogP contribution in [-0.4, -0.2) is 23.9 Å². The average Bonchev–Trinajstić information content (AvgIpc) is 2.74. The van der Waals surface area contributed by atoms with Crippen LogP contribution in [0, 0.1) is 27.7 Å². The molecular weight excluding hydrogens is 437 g/mol. The van der Waals surface area contributed by atoms with Gasteiger partial charge in [0.05, 0.1) is 16.5 Å². The van der Waals surface area contributed by atoms with Gasteiger partial charge in [0.1, 0.15) is 17.3 Å². The summed E-state index contributed by atoms with van der Waals surface area (Å²) in [5, 5.41) is 14.0. The SMILES string of the molecule is CC(NC(=O)C1CCN(c2ccc(C(F)(F)F)cc2[N+](=O)[O-])CC1)c1cc(F)ccc1F. The van der Waals surface area contributed by atoms with Gasteiger partial charge >= 0.3 is 6.18 Å². The van der Waals surface area contributed by atoms with Gasteiger partial charge in [-0.3, -0.25) is 14.9 Å². The second-order valence-electron chi connectivity index (χ2n) is 7.62. The van der Waals surface area contributed by atoms with Gasteiger partial charge in [0.15, 0.2) is 0 Å². The molecule has 1 atom stereocenters. The number of hydrogen-bond donors (Lipinski definition) is 1. The van der Waals surface area contributed by atoms with Crippen LogP contribution in [0.5, 0.6) is 0 Å². The first-order valence-electron chi connectivity index (χ1n) is 9.83. The van der Waals surface area contributed by atoms with Crippen molar-refractivity contribution in [2.75, 3.05) is 18.0 Å². The molecule has 11 heteroatoms. The predicted molar refractivity (Wildman–Crippen MR) is 106 cm³/mol. The van der Waals surface area contributed by atoms with E-state index in [9.17, 15) is 36.9 Å². The van der Waals surface area contributed by atoms with Crippen molar-refractivity contribution in [1.29, 1.82) is 0 Å². The smallest absolute Gasteiger partial charge is 0.366 e. The van der Waals surface area contributed by atoms with E-state index in [1.54, 1.807) is 4.90 Å². The molecule has 2 aromatic rings. The third-order valence-corrected chi connectivity index (χ3v) is 5.49. The highest BCUT2D eigenvalue weighted by atomic mass is 19.4. The zero-order valence-electron chi connectivity index (χ0n) is 17.0. The van der Waals surface area contributed by atoms with E-state index in [1.165, 1.54) is 6.92 Å². The first kappa shape index (κ1) is 23.4. The van der Waals surface area contributed by atoms with Crippen LogP contribution in [0.4, 0.5) is 33.3 Å². The maximum Gasteiger partial charge on any atom is 0.416 e. The Balaban J connectivity index is 1.66. The van der Waals surface area contributed by atoms with Crippen LogP contribution in [0.3, 0.4) is 0 Å². The molecule has 1 fully saturated rings. The first-order valence-corrected chi connectivity index (χ1v) is 9.83. The van der Waals surface area contributed by atoms with Gasteiger partial charge in [0, 0.05) is 30.6 Å². The Kier molecular flexibility index (Phi) is 6.65. The van der Waals surface area contributed by atoms with Crippen molar-refractivity contribution < 1.29 is 31.7 Å². The van der Waals surface area contributed by atoms with Gasteiger partial charge in [0.2, 0.25) is 5.91 Å². The second-order valence-corrected chi connectivity index (χ2v) is 7.62. The summed E-state index contributed by atoms with van der Waals surface area (Å²) >= 11 is 0. The minimum Gasteiger partial charge on any atom is -0.366 e. The fourth-order valence-corrected chi connectivity index (χ4v) is 3.75. The maximum absolute atomic E-state index is 13.9. The van der Waals surface area contributed by atoms with Crippen LogP contribution < -0.4 is 10.2 Å². The lowest BCUT2D eigenvalue weighted by Crippen LogP contribution is -2.41. The number of carbonyl (C=O) groups excluding carboxylic acids is 1. The number of nitrogens with zero attached hydrogens (tertiary/aromatic N) is 2. The van der Waals surface area contributed by atoms with Crippen molar-refractivity contribution in [3.63, 3.8) is 0 Å². The van der Waals surface area contributed by atoms with Gasteiger partial charge < -0.3 is 10.2 Å². The van der Waals surface area contributed by atoms with Gasteiger partial charge in [-0.05, 0) is 50.1 Å². The lowest BCUT2D eigenvalue weighted by atomic mass is 9.94. The molecule has 0 aromatic heterocycles. The first-order chi connectivity index (χ1) is 15.0. The van der Waals surface area contributed by atoms with E-state index in [0.29, 0.717) is 18.9 Å². The molecule has 6 nitrogen and oxygen atoms in total. The Labute approximate surface area is 180 Å². The molecule has 2 aromatic carbocycles. The van der Waals surface area contributed by atoms with E-state index >= 15 is 0 Å². The molecule has 0 radical (unpaired) electrons. The molecule has 1 amide bonds. The molecule has 0 saturated carbocycles. The molecule has 1 aliphatic rings. The summed E-state index contributed by atoms with van der Waals surface area (Å²) in [6.45, 7) is 1.95. The average molecular weight is 457 g/mol. The van der Waals surface area contributed by atoms with Crippen molar-refractivity contribution in [1.82, 2.24) is 5.32 Å². The van der Waals surface area contributed by atoms with Crippen LogP contribution >= 0.6 is 0 Å². The van der Waals surface area contributed by atoms with E-state index in [2.05, 4.69) is 5.32 Å². The number of piperidine rings is 1. The number of rotatable bonds is 5. The molecule has 0 bridgehead atoms. The van der Waals surface area contributed by atoms with Gasteiger partial charge in [-0.1, -0.05) is 0 Å². The molecule has 172 valence electrons. The summed E-state index contributed by atoms with van der Waals surface area (Å²) < 4.78 is 66.0. The summed E-state index contributed by atoms with van der Waals surface area (Å²) in [6, 6.07) is 4.54. The van der Waals surface area contributed by atoms with Crippen molar-refractivity contribution in [2.24, 2.45) is 5.92 Å². The second kappa shape index (κ2) is 9.09. The fraction of sp³-hybridized carbons (Fsp3) is 0.381. The minimum atomic E-state index is -4.70. The Morgan fingerprint density at radius 2 is 1.81 bits per heavy atom. The topological polar surface area (TPSA) is 75.5 Å². The van der Waals surface area contributed by atoms with Crippen LogP contribution in [0.25, 0.3) is 0 Å². The maximum atomic E-state index is 13.9. The molecule has 1 aliphatic heterocycles. The summed E-state index contributed by atoms with van der Waals surface area (Å²) in [6.07, 6.45) is -4.11. The highest BCUT2D eigenvalue weighted by molar-refractivity contribution is 5.79. The molecule has 0 aliphatic carbocycles. The van der Waals surface area contributed by atoms with Crippen molar-refractivity contribution >= 4 is 17.3 Å². The molecule has 1 N–H and O–H groups in total. The molecule has 1 heterocycles. The Bertz CT molecular complexity index is 1020. The van der Waals surface area contributed by atoms with Gasteiger partial charge in [-0.25, -0.2) is 8.78 Å². The number of nitro benzene ring substituents is 1. The third-order valence-electron chi connectivity index (χ3n) is 5.49. The third kappa shape index (κ3) is 5.14. The van der Waals surface area contributed by atoms with E-state index < -0.39 is 45.9 Å². The number of nitro groups is 1. The van der Waals surface area contributed by atoms with Crippen molar-refractivity contribution in [3.05, 3.63) is 69.3 Å². The Morgan fingerprint density at radius 3 is 2.41 bits per heavy atom. The lowest BCUT2D eigenvalue weighted by Gasteiger charge is -2.33. The van der Waals surface area contributed by atoms with Gasteiger partial charge in [0.25, 0.3) is 5.69 Å². The quantitative estimate of drug-likeness (QED) is 0.390. The number of alkyl halides is 3. The highest BCUT2D eigenvalue weighted by Gasteiger charge is 2.35. The van der Waals surface area contributed by atoms with Gasteiger partial charge in [-0.15, -0.1) is 0 Å². The van der Waals surface area contributed by atoms with Crippen LogP contribution in [0.15, 0.2) is 36.4 Å². The normalized spacial score (nSPS) is 16.0. The number of nitrogens with one attached hydrogen (secondary N) is 1. The number of halogens is 5. The standard InChI is InChI=1S/C21H20F5N3O3/c1-12(16-11-15(22)3-4-17(16)23)27-20(30)13-6-8-28(9-7-13)18-5-2-14(21(24,25)26)10-19(18)29(31)32/h2-5,10-13H,6-9H2,1H3,(H,27,30). The van der Waals surface area contributed by atoms with Gasteiger partial charge in [-0.2, -0.15) is 13.2 Å². The summed E-state index contributed by atoms with van der Waals surface area (Å²) in [7, 11) is 0. The fourth-order valence-electron chi connectivity index (χ4n) is 3.75. The summed E-state index contributed by atoms with van der Waals surface area (Å²) in [5.41, 5.74) is -1.70. The molecule has 1 unspecified atom stereocenters. The van der Waals surface area contributed by atoms with E-state index in [4.69, 9.17) is 0 Å². The number of amides is 1. The lowest BCUT2D eigenvalue weighted by molar-refractivity contribution is -0.384. The molecule has 32 heavy (non-hydrogen) atoms. The number of anilines is 1. The Hall–Kier alpha value is -3.24. The van der Waals surface area contributed by atoms with Crippen LogP contribution in [0.2, 0.25) is 0 Å². The minimum absolute atomic E-state index is 0.0103. The van der Waals surface area contributed by atoms with E-state index in [1.807, 2.05) is 0 Å².